The van der Waals surface area contributed by atoms with E-state index in [4.69, 9.17) is 0 Å². The zero-order valence-electron chi connectivity index (χ0n) is 13.1. The van der Waals surface area contributed by atoms with E-state index in [0.29, 0.717) is 18.8 Å². The van der Waals surface area contributed by atoms with Gasteiger partial charge in [-0.15, -0.1) is 0 Å². The quantitative estimate of drug-likeness (QED) is 0.839. The van der Waals surface area contributed by atoms with Crippen molar-refractivity contribution < 1.29 is 13.5 Å². The Hall–Kier alpha value is -1.35. The van der Waals surface area contributed by atoms with Gasteiger partial charge in [-0.05, 0) is 50.7 Å². The predicted molar refractivity (Wildman–Crippen MR) is 86.7 cm³/mol. The summed E-state index contributed by atoms with van der Waals surface area (Å²) in [6.07, 6.45) is 3.23. The minimum absolute atomic E-state index is 0.00801. The average molecular weight is 321 g/mol. The number of aliphatic hydroxyl groups is 1. The minimum atomic E-state index is -3.54. The van der Waals surface area contributed by atoms with Crippen LogP contribution >= 0.6 is 0 Å². The maximum atomic E-state index is 12.1. The normalized spacial score (nSPS) is 25.3. The molecule has 1 fully saturated rings. The van der Waals surface area contributed by atoms with E-state index >= 15 is 0 Å². The van der Waals surface area contributed by atoms with Crippen LogP contribution in [-0.2, 0) is 10.0 Å². The zero-order chi connectivity index (χ0) is 16.2. The van der Waals surface area contributed by atoms with E-state index in [1.165, 1.54) is 0 Å². The molecule has 22 heavy (non-hydrogen) atoms. The molecule has 0 bridgehead atoms. The lowest BCUT2D eigenvalue weighted by Gasteiger charge is -2.30. The maximum absolute atomic E-state index is 12.1. The van der Waals surface area contributed by atoms with Gasteiger partial charge >= 0.3 is 0 Å². The van der Waals surface area contributed by atoms with Gasteiger partial charge in [-0.2, -0.15) is 4.72 Å². The van der Waals surface area contributed by atoms with Crippen molar-refractivity contribution >= 4 is 10.0 Å². The Morgan fingerprint density at radius 3 is 2.45 bits per heavy atom. The van der Waals surface area contributed by atoms with E-state index in [2.05, 4.69) is 23.5 Å². The second kappa shape index (κ2) is 6.82. The van der Waals surface area contributed by atoms with Crippen molar-refractivity contribution in [2.24, 2.45) is 5.92 Å². The van der Waals surface area contributed by atoms with Crippen LogP contribution < -0.4 is 4.72 Å². The van der Waals surface area contributed by atoms with Crippen LogP contribution in [-0.4, -0.2) is 25.7 Å². The fraction of sp³-hybridized carbons (Fsp3) is 0.529. The molecule has 0 radical (unpaired) electrons. The highest BCUT2D eigenvalue weighted by atomic mass is 32.2. The zero-order valence-corrected chi connectivity index (χ0v) is 13.9. The van der Waals surface area contributed by atoms with Gasteiger partial charge in [-0.1, -0.05) is 36.5 Å². The van der Waals surface area contributed by atoms with E-state index in [1.807, 2.05) is 6.92 Å². The molecule has 2 rings (SSSR count). The van der Waals surface area contributed by atoms with Crippen LogP contribution in [0.15, 0.2) is 29.2 Å². The monoisotopic (exact) mass is 321 g/mol. The Labute approximate surface area is 133 Å². The molecule has 1 aromatic rings. The largest absolute Gasteiger partial charge is 0.378 e. The van der Waals surface area contributed by atoms with Gasteiger partial charge in [-0.3, -0.25) is 0 Å². The molecule has 1 aliphatic rings. The van der Waals surface area contributed by atoms with Gasteiger partial charge in [0.15, 0.2) is 0 Å². The third kappa shape index (κ3) is 4.57. The molecule has 2 N–H and O–H groups in total. The summed E-state index contributed by atoms with van der Waals surface area (Å²) in [5.41, 5.74) is 0.0504. The summed E-state index contributed by atoms with van der Waals surface area (Å²) >= 11 is 0. The van der Waals surface area contributed by atoms with Gasteiger partial charge in [-0.25, -0.2) is 8.42 Å². The fourth-order valence-corrected chi connectivity index (χ4v) is 3.43. The molecule has 0 saturated heterocycles. The summed E-state index contributed by atoms with van der Waals surface area (Å²) in [5.74, 6) is 6.21. The number of hydrogen-bond acceptors (Lipinski definition) is 3. The molecule has 0 amide bonds. The number of benzene rings is 1. The van der Waals surface area contributed by atoms with Crippen LogP contribution in [0.4, 0.5) is 0 Å². The molecule has 1 aromatic carbocycles. The number of aryl methyl sites for hydroxylation is 1. The Bertz CT molecular complexity index is 660. The topological polar surface area (TPSA) is 66.4 Å². The first-order valence-corrected chi connectivity index (χ1v) is 9.08. The third-order valence-electron chi connectivity index (χ3n) is 4.10. The van der Waals surface area contributed by atoms with Crippen molar-refractivity contribution in [1.82, 2.24) is 4.72 Å². The smallest absolute Gasteiger partial charge is 0.241 e. The van der Waals surface area contributed by atoms with E-state index < -0.39 is 15.6 Å². The lowest BCUT2D eigenvalue weighted by atomic mass is 9.80. The van der Waals surface area contributed by atoms with Crippen LogP contribution in [0.25, 0.3) is 0 Å². The molecular formula is C17H23NO3S. The number of sulfonamides is 1. The van der Waals surface area contributed by atoms with E-state index in [0.717, 1.165) is 18.4 Å². The highest BCUT2D eigenvalue weighted by molar-refractivity contribution is 7.89. The Morgan fingerprint density at radius 2 is 1.86 bits per heavy atom. The summed E-state index contributed by atoms with van der Waals surface area (Å²) in [7, 11) is -3.54. The van der Waals surface area contributed by atoms with Gasteiger partial charge in [0.2, 0.25) is 10.0 Å². The van der Waals surface area contributed by atoms with Crippen LogP contribution in [0.5, 0.6) is 0 Å². The van der Waals surface area contributed by atoms with Crippen molar-refractivity contribution in [3.8, 4) is 11.8 Å². The number of nitrogens with one attached hydrogen (secondary N) is 1. The first kappa shape index (κ1) is 17.0. The number of rotatable bonds is 3. The predicted octanol–water partition coefficient (Wildman–Crippen LogP) is 2.22. The lowest BCUT2D eigenvalue weighted by Crippen LogP contribution is -2.32. The minimum Gasteiger partial charge on any atom is -0.378 e. The molecule has 5 heteroatoms. The molecule has 0 aromatic heterocycles. The third-order valence-corrected chi connectivity index (χ3v) is 5.52. The molecule has 0 atom stereocenters. The molecule has 1 aliphatic carbocycles. The van der Waals surface area contributed by atoms with E-state index in [1.54, 1.807) is 24.3 Å². The van der Waals surface area contributed by atoms with Crippen molar-refractivity contribution in [2.45, 2.75) is 50.0 Å². The second-order valence-corrected chi connectivity index (χ2v) is 7.92. The van der Waals surface area contributed by atoms with Crippen molar-refractivity contribution in [3.05, 3.63) is 29.8 Å². The highest BCUT2D eigenvalue weighted by Crippen LogP contribution is 2.31. The van der Waals surface area contributed by atoms with Gasteiger partial charge in [0.1, 0.15) is 5.60 Å². The summed E-state index contributed by atoms with van der Waals surface area (Å²) < 4.78 is 26.6. The Kier molecular flexibility index (Phi) is 5.28. The van der Waals surface area contributed by atoms with Gasteiger partial charge in [0.05, 0.1) is 11.4 Å². The molecule has 0 unspecified atom stereocenters. The first-order chi connectivity index (χ1) is 10.3. The fourth-order valence-electron chi connectivity index (χ4n) is 2.51. The van der Waals surface area contributed by atoms with Crippen LogP contribution in [0, 0.1) is 24.7 Å². The molecule has 120 valence electrons. The standard InChI is InChI=1S/C17H23NO3S/c1-14-4-6-16(7-5-14)22(20,21)18-13-3-10-17(19)11-8-15(2)9-12-17/h4-7,15,18-19H,8-9,11-13H2,1-2H3. The SMILES string of the molecule is Cc1ccc(S(=O)(=O)NCC#CC2(O)CCC(C)CC2)cc1. The molecule has 4 nitrogen and oxygen atoms in total. The molecule has 0 heterocycles. The maximum Gasteiger partial charge on any atom is 0.241 e. The van der Waals surface area contributed by atoms with Crippen molar-refractivity contribution in [3.63, 3.8) is 0 Å². The van der Waals surface area contributed by atoms with E-state index in [-0.39, 0.29) is 11.4 Å². The molecule has 0 spiro atoms. The molecule has 1 saturated carbocycles. The van der Waals surface area contributed by atoms with Crippen LogP contribution in [0.1, 0.15) is 38.2 Å². The van der Waals surface area contributed by atoms with Gasteiger partial charge in [0.25, 0.3) is 0 Å². The van der Waals surface area contributed by atoms with Gasteiger partial charge < -0.3 is 5.11 Å². The first-order valence-electron chi connectivity index (χ1n) is 7.59. The second-order valence-electron chi connectivity index (χ2n) is 6.15. The van der Waals surface area contributed by atoms with E-state index in [9.17, 15) is 13.5 Å². The van der Waals surface area contributed by atoms with Crippen molar-refractivity contribution in [2.75, 3.05) is 6.54 Å². The van der Waals surface area contributed by atoms with Gasteiger partial charge in [0, 0.05) is 0 Å². The summed E-state index contributed by atoms with van der Waals surface area (Å²) in [6, 6.07) is 6.65. The highest BCUT2D eigenvalue weighted by Gasteiger charge is 2.29. The van der Waals surface area contributed by atoms with Crippen LogP contribution in [0.3, 0.4) is 0 Å². The lowest BCUT2D eigenvalue weighted by molar-refractivity contribution is 0.0470. The van der Waals surface area contributed by atoms with Crippen molar-refractivity contribution in [1.29, 1.82) is 0 Å². The van der Waals surface area contributed by atoms with Crippen LogP contribution in [0.2, 0.25) is 0 Å². The number of hydrogen-bond donors (Lipinski definition) is 2. The molecule has 0 aliphatic heterocycles. The summed E-state index contributed by atoms with van der Waals surface area (Å²) in [4.78, 5) is 0.227. The Balaban J connectivity index is 1.93. The summed E-state index contributed by atoms with van der Waals surface area (Å²) in [6.45, 7) is 4.08. The molecular weight excluding hydrogens is 298 g/mol. The summed E-state index contributed by atoms with van der Waals surface area (Å²) in [5, 5.41) is 10.3. The Morgan fingerprint density at radius 1 is 1.27 bits per heavy atom. The average Bonchev–Trinajstić information content (AvgIpc) is 2.48.